The normalized spacial score (nSPS) is 16.5. The molecule has 2 aromatic carbocycles. The van der Waals surface area contributed by atoms with Crippen LogP contribution < -0.4 is 5.32 Å². The Morgan fingerprint density at radius 3 is 2.71 bits per heavy atom. The molecule has 1 saturated heterocycles. The lowest BCUT2D eigenvalue weighted by atomic mass is 10.1. The van der Waals surface area contributed by atoms with E-state index < -0.39 is 16.1 Å². The lowest BCUT2D eigenvalue weighted by Crippen LogP contribution is -2.33. The molecule has 1 atom stereocenters. The van der Waals surface area contributed by atoms with Crippen LogP contribution in [0.25, 0.3) is 0 Å². The van der Waals surface area contributed by atoms with Crippen LogP contribution in [0.5, 0.6) is 0 Å². The summed E-state index contributed by atoms with van der Waals surface area (Å²) in [6.07, 6.45) is 1.56. The number of rotatable bonds is 7. The summed E-state index contributed by atoms with van der Waals surface area (Å²) in [5.41, 5.74) is 3.72. The number of thioether (sulfide) groups is 1. The number of aryl methyl sites for hydroxylation is 2. The van der Waals surface area contributed by atoms with Crippen molar-refractivity contribution in [2.24, 2.45) is 4.99 Å². The third-order valence-electron chi connectivity index (χ3n) is 5.35. The average Bonchev–Trinajstić information content (AvgIpc) is 3.10. The highest BCUT2D eigenvalue weighted by molar-refractivity contribution is 8.15. The number of amidine groups is 1. The topological polar surface area (TPSA) is 118 Å². The standard InChI is InChI=1S/C25H23N5O4S/c1-16-9-10-21(17(2)12-16)28-25-29(15-19-6-3-4-11-26-19)24(32)22(35-25)14-23(31)27-18-7-5-8-20(13-18)30(33)34/h3-13,22H,14-15H2,1-2H3,(H,27,31). The minimum absolute atomic E-state index is 0.100. The molecule has 0 bridgehead atoms. The lowest BCUT2D eigenvalue weighted by Gasteiger charge is -2.16. The molecule has 3 aromatic rings. The molecule has 9 nitrogen and oxygen atoms in total. The number of nitrogens with zero attached hydrogens (tertiary/aromatic N) is 4. The van der Waals surface area contributed by atoms with Crippen molar-refractivity contribution in [1.29, 1.82) is 0 Å². The summed E-state index contributed by atoms with van der Waals surface area (Å²) in [7, 11) is 0. The maximum absolute atomic E-state index is 13.3. The summed E-state index contributed by atoms with van der Waals surface area (Å²) in [6, 6.07) is 17.0. The van der Waals surface area contributed by atoms with Gasteiger partial charge in [-0.25, -0.2) is 4.99 Å². The van der Waals surface area contributed by atoms with Gasteiger partial charge in [-0.1, -0.05) is 41.6 Å². The minimum atomic E-state index is -0.679. The van der Waals surface area contributed by atoms with Crippen LogP contribution >= 0.6 is 11.8 Å². The summed E-state index contributed by atoms with van der Waals surface area (Å²) < 4.78 is 0. The van der Waals surface area contributed by atoms with Crippen LogP contribution in [0, 0.1) is 24.0 Å². The van der Waals surface area contributed by atoms with E-state index in [1.54, 1.807) is 23.2 Å². The number of aromatic nitrogens is 1. The maximum Gasteiger partial charge on any atom is 0.271 e. The number of carbonyl (C=O) groups is 2. The number of non-ortho nitro benzene ring substituents is 1. The molecule has 1 aromatic heterocycles. The molecule has 4 rings (SSSR count). The molecular formula is C25H23N5O4S. The van der Waals surface area contributed by atoms with Crippen LogP contribution in [0.3, 0.4) is 0 Å². The lowest BCUT2D eigenvalue weighted by molar-refractivity contribution is -0.384. The van der Waals surface area contributed by atoms with Crippen molar-refractivity contribution in [2.75, 3.05) is 5.32 Å². The molecule has 178 valence electrons. The predicted molar refractivity (Wildman–Crippen MR) is 136 cm³/mol. The molecule has 0 saturated carbocycles. The van der Waals surface area contributed by atoms with Gasteiger partial charge in [0.1, 0.15) is 5.25 Å². The number of hydrogen-bond donors (Lipinski definition) is 1. The molecule has 35 heavy (non-hydrogen) atoms. The fourth-order valence-corrected chi connectivity index (χ4v) is 4.79. The fraction of sp³-hybridized carbons (Fsp3) is 0.200. The largest absolute Gasteiger partial charge is 0.326 e. The van der Waals surface area contributed by atoms with Gasteiger partial charge < -0.3 is 5.32 Å². The predicted octanol–water partition coefficient (Wildman–Crippen LogP) is 4.77. The number of aliphatic imine (C=N–C) groups is 1. The second-order valence-corrected chi connectivity index (χ2v) is 9.27. The van der Waals surface area contributed by atoms with E-state index in [0.29, 0.717) is 16.5 Å². The number of nitrogens with one attached hydrogen (secondary N) is 1. The highest BCUT2D eigenvalue weighted by Gasteiger charge is 2.39. The van der Waals surface area contributed by atoms with Crippen LogP contribution in [0.4, 0.5) is 17.1 Å². The van der Waals surface area contributed by atoms with Gasteiger partial charge in [0.2, 0.25) is 11.8 Å². The Kier molecular flexibility index (Phi) is 7.21. The van der Waals surface area contributed by atoms with E-state index in [4.69, 9.17) is 4.99 Å². The van der Waals surface area contributed by atoms with Gasteiger partial charge in [-0.3, -0.25) is 29.6 Å². The quantitative estimate of drug-likeness (QED) is 0.377. The average molecular weight is 490 g/mol. The monoisotopic (exact) mass is 489 g/mol. The van der Waals surface area contributed by atoms with E-state index in [1.165, 1.54) is 30.0 Å². The van der Waals surface area contributed by atoms with Gasteiger partial charge in [-0.2, -0.15) is 0 Å². The van der Waals surface area contributed by atoms with Gasteiger partial charge in [0.05, 0.1) is 22.8 Å². The molecule has 0 aliphatic carbocycles. The molecule has 10 heteroatoms. The van der Waals surface area contributed by atoms with Gasteiger partial charge >= 0.3 is 0 Å². The molecule has 0 radical (unpaired) electrons. The van der Waals surface area contributed by atoms with Crippen LogP contribution in [-0.4, -0.2) is 37.0 Å². The van der Waals surface area contributed by atoms with Crippen molar-refractivity contribution >= 4 is 45.8 Å². The first-order chi connectivity index (χ1) is 16.8. The van der Waals surface area contributed by atoms with Gasteiger partial charge in [0.25, 0.3) is 5.69 Å². The molecule has 1 aliphatic rings. The summed E-state index contributed by atoms with van der Waals surface area (Å²) in [5.74, 6) is -0.653. The Labute approximate surface area is 206 Å². The number of benzene rings is 2. The molecule has 2 heterocycles. The zero-order chi connectivity index (χ0) is 24.9. The van der Waals surface area contributed by atoms with E-state index in [2.05, 4.69) is 10.3 Å². The fourth-order valence-electron chi connectivity index (χ4n) is 3.64. The van der Waals surface area contributed by atoms with Crippen molar-refractivity contribution in [2.45, 2.75) is 32.1 Å². The second-order valence-electron chi connectivity index (χ2n) is 8.10. The Morgan fingerprint density at radius 1 is 1.17 bits per heavy atom. The number of carbonyl (C=O) groups excluding carboxylic acids is 2. The number of nitro groups is 1. The third kappa shape index (κ3) is 5.90. The smallest absolute Gasteiger partial charge is 0.271 e. The summed E-state index contributed by atoms with van der Waals surface area (Å²) in [6.45, 7) is 4.20. The van der Waals surface area contributed by atoms with Gasteiger partial charge in [0, 0.05) is 30.4 Å². The van der Waals surface area contributed by atoms with Gasteiger partial charge in [-0.05, 0) is 43.7 Å². The first-order valence-electron chi connectivity index (χ1n) is 10.9. The van der Waals surface area contributed by atoms with Crippen molar-refractivity contribution in [3.8, 4) is 0 Å². The molecule has 1 N–H and O–H groups in total. The number of pyridine rings is 1. The molecule has 1 aliphatic heterocycles. The Balaban J connectivity index is 1.55. The number of hydrogen-bond acceptors (Lipinski definition) is 7. The van der Waals surface area contributed by atoms with E-state index in [0.717, 1.165) is 16.8 Å². The van der Waals surface area contributed by atoms with Gasteiger partial charge in [0.15, 0.2) is 5.17 Å². The van der Waals surface area contributed by atoms with E-state index in [-0.39, 0.29) is 24.6 Å². The van der Waals surface area contributed by atoms with Crippen LogP contribution in [0.2, 0.25) is 0 Å². The van der Waals surface area contributed by atoms with E-state index in [9.17, 15) is 19.7 Å². The van der Waals surface area contributed by atoms with E-state index >= 15 is 0 Å². The Bertz CT molecular complexity index is 1310. The number of nitro benzene ring substituents is 1. The van der Waals surface area contributed by atoms with Crippen molar-refractivity contribution in [3.63, 3.8) is 0 Å². The molecule has 2 amide bonds. The highest BCUT2D eigenvalue weighted by Crippen LogP contribution is 2.34. The highest BCUT2D eigenvalue weighted by atomic mass is 32.2. The van der Waals surface area contributed by atoms with Crippen LogP contribution in [0.1, 0.15) is 23.2 Å². The SMILES string of the molecule is Cc1ccc(N=C2SC(CC(=O)Nc3cccc([N+](=O)[O-])c3)C(=O)N2Cc2ccccn2)c(C)c1. The molecular weight excluding hydrogens is 466 g/mol. The number of amides is 2. The third-order valence-corrected chi connectivity index (χ3v) is 6.52. The summed E-state index contributed by atoms with van der Waals surface area (Å²) in [5, 5.41) is 13.5. The Hall–Kier alpha value is -4.05. The van der Waals surface area contributed by atoms with Crippen LogP contribution in [-0.2, 0) is 16.1 Å². The zero-order valence-electron chi connectivity index (χ0n) is 19.2. The summed E-state index contributed by atoms with van der Waals surface area (Å²) in [4.78, 5) is 47.1. The summed E-state index contributed by atoms with van der Waals surface area (Å²) >= 11 is 1.23. The van der Waals surface area contributed by atoms with E-state index in [1.807, 2.05) is 44.2 Å². The molecule has 0 spiro atoms. The maximum atomic E-state index is 13.3. The first-order valence-corrected chi connectivity index (χ1v) is 11.8. The molecule has 1 unspecified atom stereocenters. The molecule has 1 fully saturated rings. The zero-order valence-corrected chi connectivity index (χ0v) is 20.0. The van der Waals surface area contributed by atoms with Crippen LogP contribution in [0.15, 0.2) is 71.9 Å². The first kappa shape index (κ1) is 24.1. The number of anilines is 1. The van der Waals surface area contributed by atoms with Crippen molar-refractivity contribution < 1.29 is 14.5 Å². The van der Waals surface area contributed by atoms with Crippen molar-refractivity contribution in [1.82, 2.24) is 9.88 Å². The Morgan fingerprint density at radius 2 is 2.00 bits per heavy atom. The minimum Gasteiger partial charge on any atom is -0.326 e. The van der Waals surface area contributed by atoms with Crippen molar-refractivity contribution in [3.05, 3.63) is 93.8 Å². The van der Waals surface area contributed by atoms with Gasteiger partial charge in [-0.15, -0.1) is 0 Å². The second kappa shape index (κ2) is 10.5.